The number of nitro groups is 1. The maximum absolute atomic E-state index is 11.8. The predicted octanol–water partition coefficient (Wildman–Crippen LogP) is 1.28. The van der Waals surface area contributed by atoms with E-state index in [2.05, 4.69) is 15.3 Å². The summed E-state index contributed by atoms with van der Waals surface area (Å²) in [7, 11) is 0. The Bertz CT molecular complexity index is 594. The molecule has 18 heavy (non-hydrogen) atoms. The molecule has 0 saturated carbocycles. The first-order valence-corrected chi connectivity index (χ1v) is 4.86. The number of phenolic OH excluding ortho intramolecular Hbond substituents is 1. The van der Waals surface area contributed by atoms with Gasteiger partial charge in [0.05, 0.1) is 10.5 Å². The topological polar surface area (TPSA) is 121 Å². The number of aromatic nitrogens is 2. The first kappa shape index (κ1) is 11.6. The molecule has 0 atom stereocenters. The summed E-state index contributed by atoms with van der Waals surface area (Å²) in [6.07, 6.45) is 2.94. The zero-order valence-corrected chi connectivity index (χ0v) is 8.95. The van der Waals surface area contributed by atoms with E-state index in [9.17, 15) is 20.0 Å². The lowest BCUT2D eigenvalue weighted by molar-refractivity contribution is -0.385. The molecule has 1 amide bonds. The van der Waals surface area contributed by atoms with E-state index in [-0.39, 0.29) is 11.5 Å². The maximum atomic E-state index is 11.8. The number of nitrogens with one attached hydrogen (secondary N) is 2. The van der Waals surface area contributed by atoms with Crippen LogP contribution in [-0.4, -0.2) is 25.9 Å². The number of hydrogen-bond donors (Lipinski definition) is 3. The molecule has 0 aliphatic carbocycles. The van der Waals surface area contributed by atoms with Crippen LogP contribution in [-0.2, 0) is 0 Å². The van der Waals surface area contributed by atoms with Crippen LogP contribution in [0.5, 0.6) is 5.75 Å². The van der Waals surface area contributed by atoms with E-state index < -0.39 is 22.3 Å². The van der Waals surface area contributed by atoms with Crippen LogP contribution in [0, 0.1) is 10.1 Å². The third-order valence-electron chi connectivity index (χ3n) is 2.19. The SMILES string of the molecule is O=C(Nc1ncc[nH]1)c1cccc([N+](=O)[O-])c1O. The van der Waals surface area contributed by atoms with Crippen molar-refractivity contribution < 1.29 is 14.8 Å². The molecule has 0 radical (unpaired) electrons. The molecule has 0 spiro atoms. The first-order valence-electron chi connectivity index (χ1n) is 4.86. The molecule has 0 unspecified atom stereocenters. The van der Waals surface area contributed by atoms with Crippen molar-refractivity contribution in [2.24, 2.45) is 0 Å². The summed E-state index contributed by atoms with van der Waals surface area (Å²) in [5.41, 5.74) is -0.720. The Labute approximate surface area is 100 Å². The van der Waals surface area contributed by atoms with Gasteiger partial charge in [-0.05, 0) is 6.07 Å². The van der Waals surface area contributed by atoms with Crippen LogP contribution in [0.4, 0.5) is 11.6 Å². The molecular weight excluding hydrogens is 240 g/mol. The molecule has 3 N–H and O–H groups in total. The van der Waals surface area contributed by atoms with E-state index in [4.69, 9.17) is 0 Å². The molecule has 8 nitrogen and oxygen atoms in total. The summed E-state index contributed by atoms with van der Waals surface area (Å²) in [6, 6.07) is 3.70. The van der Waals surface area contributed by atoms with Crippen molar-refractivity contribution >= 4 is 17.5 Å². The van der Waals surface area contributed by atoms with Gasteiger partial charge < -0.3 is 10.1 Å². The molecule has 1 aromatic heterocycles. The van der Waals surface area contributed by atoms with Crippen molar-refractivity contribution in [3.05, 3.63) is 46.3 Å². The van der Waals surface area contributed by atoms with Gasteiger partial charge in [-0.1, -0.05) is 6.07 Å². The molecule has 2 rings (SSSR count). The lowest BCUT2D eigenvalue weighted by Crippen LogP contribution is -2.13. The molecule has 0 aliphatic heterocycles. The van der Waals surface area contributed by atoms with Crippen LogP contribution in [0.25, 0.3) is 0 Å². The van der Waals surface area contributed by atoms with Gasteiger partial charge >= 0.3 is 5.69 Å². The van der Waals surface area contributed by atoms with Gasteiger partial charge in [-0.2, -0.15) is 0 Å². The van der Waals surface area contributed by atoms with E-state index in [1.54, 1.807) is 0 Å². The Hall–Kier alpha value is -2.90. The number of carbonyl (C=O) groups excluding carboxylic acids is 1. The molecule has 0 saturated heterocycles. The molecule has 2 aromatic rings. The first-order chi connectivity index (χ1) is 8.59. The number of imidazole rings is 1. The standard InChI is InChI=1S/C10H8N4O4/c15-8-6(2-1-3-7(8)14(17)18)9(16)13-10-11-4-5-12-10/h1-5,15H,(H2,11,12,13,16). The number of carbonyl (C=O) groups is 1. The fourth-order valence-electron chi connectivity index (χ4n) is 1.37. The van der Waals surface area contributed by atoms with Crippen LogP contribution in [0.15, 0.2) is 30.6 Å². The highest BCUT2D eigenvalue weighted by Crippen LogP contribution is 2.29. The van der Waals surface area contributed by atoms with Crippen molar-refractivity contribution in [3.63, 3.8) is 0 Å². The average Bonchev–Trinajstić information content (AvgIpc) is 2.81. The Balaban J connectivity index is 2.31. The number of amides is 1. The maximum Gasteiger partial charge on any atom is 0.311 e. The van der Waals surface area contributed by atoms with E-state index in [1.165, 1.54) is 24.5 Å². The number of aromatic amines is 1. The van der Waals surface area contributed by atoms with Crippen molar-refractivity contribution in [3.8, 4) is 5.75 Å². The summed E-state index contributed by atoms with van der Waals surface area (Å²) in [5, 5.41) is 22.6. The Morgan fingerprint density at radius 1 is 1.50 bits per heavy atom. The third kappa shape index (κ3) is 2.12. The molecule has 1 aromatic carbocycles. The van der Waals surface area contributed by atoms with Crippen LogP contribution >= 0.6 is 0 Å². The van der Waals surface area contributed by atoms with Crippen molar-refractivity contribution in [1.29, 1.82) is 0 Å². The summed E-state index contributed by atoms with van der Waals surface area (Å²) in [6.45, 7) is 0. The molecule has 0 fully saturated rings. The highest BCUT2D eigenvalue weighted by atomic mass is 16.6. The van der Waals surface area contributed by atoms with Gasteiger partial charge in [0.15, 0.2) is 0 Å². The summed E-state index contributed by atoms with van der Waals surface area (Å²) < 4.78 is 0. The summed E-state index contributed by atoms with van der Waals surface area (Å²) in [4.78, 5) is 28.0. The van der Waals surface area contributed by atoms with Crippen LogP contribution in [0.3, 0.4) is 0 Å². The smallest absolute Gasteiger partial charge is 0.311 e. The average molecular weight is 248 g/mol. The molecular formula is C10H8N4O4. The number of phenols is 1. The van der Waals surface area contributed by atoms with Gasteiger partial charge in [0, 0.05) is 18.5 Å². The number of nitro benzene ring substituents is 1. The van der Waals surface area contributed by atoms with Gasteiger partial charge in [0.2, 0.25) is 11.7 Å². The van der Waals surface area contributed by atoms with Gasteiger partial charge in [0.1, 0.15) is 0 Å². The number of H-pyrrole nitrogens is 1. The second-order valence-corrected chi connectivity index (χ2v) is 3.32. The number of aromatic hydroxyl groups is 1. The second kappa shape index (κ2) is 4.53. The van der Waals surface area contributed by atoms with E-state index in [0.717, 1.165) is 6.07 Å². The molecule has 0 bridgehead atoms. The highest BCUT2D eigenvalue weighted by Gasteiger charge is 2.21. The third-order valence-corrected chi connectivity index (χ3v) is 2.19. The van der Waals surface area contributed by atoms with E-state index in [1.807, 2.05) is 0 Å². The second-order valence-electron chi connectivity index (χ2n) is 3.32. The van der Waals surface area contributed by atoms with Gasteiger partial charge in [-0.3, -0.25) is 20.2 Å². The monoisotopic (exact) mass is 248 g/mol. The minimum Gasteiger partial charge on any atom is -0.502 e. The minimum absolute atomic E-state index is 0.186. The van der Waals surface area contributed by atoms with Crippen LogP contribution in [0.2, 0.25) is 0 Å². The largest absolute Gasteiger partial charge is 0.502 e. The number of para-hydroxylation sites is 1. The predicted molar refractivity (Wildman–Crippen MR) is 61.3 cm³/mol. The zero-order valence-electron chi connectivity index (χ0n) is 8.95. The lowest BCUT2D eigenvalue weighted by Gasteiger charge is -2.04. The molecule has 1 heterocycles. The summed E-state index contributed by atoms with van der Waals surface area (Å²) in [5.74, 6) is -1.18. The van der Waals surface area contributed by atoms with Gasteiger partial charge in [0.25, 0.3) is 5.91 Å². The summed E-state index contributed by atoms with van der Waals surface area (Å²) >= 11 is 0. The molecule has 92 valence electrons. The van der Waals surface area contributed by atoms with E-state index >= 15 is 0 Å². The molecule has 8 heteroatoms. The number of nitrogens with zero attached hydrogens (tertiary/aromatic N) is 2. The normalized spacial score (nSPS) is 10.0. The van der Waals surface area contributed by atoms with Gasteiger partial charge in [-0.25, -0.2) is 4.98 Å². The van der Waals surface area contributed by atoms with Crippen molar-refractivity contribution in [2.75, 3.05) is 5.32 Å². The minimum atomic E-state index is -0.765. The quantitative estimate of drug-likeness (QED) is 0.557. The number of hydrogen-bond acceptors (Lipinski definition) is 5. The fourth-order valence-corrected chi connectivity index (χ4v) is 1.37. The number of rotatable bonds is 3. The fraction of sp³-hybridized carbons (Fsp3) is 0. The zero-order chi connectivity index (χ0) is 13.1. The number of anilines is 1. The van der Waals surface area contributed by atoms with Gasteiger partial charge in [-0.15, -0.1) is 0 Å². The van der Waals surface area contributed by atoms with Crippen LogP contribution < -0.4 is 5.32 Å². The lowest BCUT2D eigenvalue weighted by atomic mass is 10.1. The Kier molecular flexibility index (Phi) is 2.92. The number of benzene rings is 1. The van der Waals surface area contributed by atoms with Crippen LogP contribution in [0.1, 0.15) is 10.4 Å². The van der Waals surface area contributed by atoms with Crippen molar-refractivity contribution in [2.45, 2.75) is 0 Å². The molecule has 0 aliphatic rings. The highest BCUT2D eigenvalue weighted by molar-refractivity contribution is 6.06. The Morgan fingerprint density at radius 2 is 2.28 bits per heavy atom. The van der Waals surface area contributed by atoms with Crippen molar-refractivity contribution in [1.82, 2.24) is 9.97 Å². The Morgan fingerprint density at radius 3 is 2.89 bits per heavy atom. The van der Waals surface area contributed by atoms with E-state index in [0.29, 0.717) is 0 Å².